The van der Waals surface area contributed by atoms with Crippen molar-refractivity contribution in [1.29, 1.82) is 10.8 Å². The molecule has 0 unspecified atom stereocenters. The fraction of sp³-hybridized carbons (Fsp3) is 0. The van der Waals surface area contributed by atoms with Gasteiger partial charge in [0.05, 0.1) is 0 Å². The summed E-state index contributed by atoms with van der Waals surface area (Å²) in [5.41, 5.74) is 15.7. The summed E-state index contributed by atoms with van der Waals surface area (Å²) in [4.78, 5) is 5.64. The lowest BCUT2D eigenvalue weighted by Crippen LogP contribution is -2.10. The Kier molecular flexibility index (Phi) is 4.63. The number of fused-ring (bicyclic) bond motifs is 1. The van der Waals surface area contributed by atoms with E-state index < -0.39 is 0 Å². The van der Waals surface area contributed by atoms with Crippen molar-refractivity contribution in [1.82, 2.24) is 4.98 Å². The first kappa shape index (κ1) is 17.9. The highest BCUT2D eigenvalue weighted by Crippen LogP contribution is 2.31. The Hall–Kier alpha value is -3.51. The number of H-pyrrole nitrogens is 1. The summed E-state index contributed by atoms with van der Waals surface area (Å²) >= 11 is 1.66. The number of rotatable bonds is 5. The molecule has 0 fully saturated rings. The van der Waals surface area contributed by atoms with Crippen LogP contribution in [0.25, 0.3) is 22.2 Å². The summed E-state index contributed by atoms with van der Waals surface area (Å²) in [6, 6.07) is 23.8. The maximum atomic E-state index is 7.58. The molecule has 0 bridgehead atoms. The third-order valence-corrected chi connectivity index (χ3v) is 5.51. The molecule has 0 aliphatic carbocycles. The molecule has 0 saturated carbocycles. The molecule has 6 heteroatoms. The van der Waals surface area contributed by atoms with Crippen LogP contribution in [0.3, 0.4) is 0 Å². The highest BCUT2D eigenvalue weighted by atomic mass is 32.2. The molecule has 1 heterocycles. The molecule has 0 amide bonds. The molecule has 138 valence electrons. The molecule has 0 aliphatic heterocycles. The number of nitrogens with two attached hydrogens (primary N) is 2. The lowest BCUT2D eigenvalue weighted by molar-refractivity contribution is 1.37. The zero-order chi connectivity index (χ0) is 19.7. The van der Waals surface area contributed by atoms with Gasteiger partial charge in [0.2, 0.25) is 0 Å². The highest BCUT2D eigenvalue weighted by Gasteiger charge is 2.06. The summed E-state index contributed by atoms with van der Waals surface area (Å²) in [7, 11) is 0. The molecule has 1 aromatic heterocycles. The highest BCUT2D eigenvalue weighted by molar-refractivity contribution is 7.99. The van der Waals surface area contributed by atoms with Crippen molar-refractivity contribution in [2.45, 2.75) is 9.79 Å². The molecular formula is C22H19N5S. The second kappa shape index (κ2) is 7.25. The number of amidine groups is 2. The van der Waals surface area contributed by atoms with Gasteiger partial charge in [0.25, 0.3) is 0 Å². The van der Waals surface area contributed by atoms with E-state index in [1.807, 2.05) is 42.5 Å². The first-order valence-electron chi connectivity index (χ1n) is 8.69. The average molecular weight is 385 g/mol. The van der Waals surface area contributed by atoms with Gasteiger partial charge in [-0.05, 0) is 54.1 Å². The first-order chi connectivity index (χ1) is 13.5. The fourth-order valence-electron chi connectivity index (χ4n) is 3.00. The van der Waals surface area contributed by atoms with Crippen molar-refractivity contribution < 1.29 is 0 Å². The van der Waals surface area contributed by atoms with Crippen molar-refractivity contribution in [3.8, 4) is 11.3 Å². The SMILES string of the molecule is N=C(N)c1ccc(Sc2ccc(-c3cc4cc(C(=N)N)ccc4[nH]3)cc2)cc1. The molecule has 4 rings (SSSR count). The van der Waals surface area contributed by atoms with E-state index in [0.29, 0.717) is 0 Å². The second-order valence-corrected chi connectivity index (χ2v) is 7.61. The number of aromatic nitrogens is 1. The minimum absolute atomic E-state index is 0.0716. The van der Waals surface area contributed by atoms with Crippen LogP contribution in [0.5, 0.6) is 0 Å². The molecule has 0 aliphatic rings. The van der Waals surface area contributed by atoms with Crippen LogP contribution in [0.4, 0.5) is 0 Å². The van der Waals surface area contributed by atoms with Crippen molar-refractivity contribution in [2.75, 3.05) is 0 Å². The molecule has 4 aromatic rings. The minimum atomic E-state index is 0.0716. The maximum Gasteiger partial charge on any atom is 0.122 e. The number of hydrogen-bond donors (Lipinski definition) is 5. The van der Waals surface area contributed by atoms with Gasteiger partial charge in [-0.15, -0.1) is 0 Å². The zero-order valence-corrected chi connectivity index (χ0v) is 15.8. The Morgan fingerprint density at radius 2 is 1.29 bits per heavy atom. The van der Waals surface area contributed by atoms with Crippen LogP contribution in [0.15, 0.2) is 82.6 Å². The summed E-state index contributed by atoms with van der Waals surface area (Å²) < 4.78 is 0. The molecule has 5 nitrogen and oxygen atoms in total. The van der Waals surface area contributed by atoms with Crippen molar-refractivity contribution in [3.63, 3.8) is 0 Å². The monoisotopic (exact) mass is 385 g/mol. The summed E-state index contributed by atoms with van der Waals surface area (Å²) in [6.45, 7) is 0. The molecule has 0 radical (unpaired) electrons. The normalized spacial score (nSPS) is 10.9. The Labute approximate surface area is 166 Å². The third-order valence-electron chi connectivity index (χ3n) is 4.50. The fourth-order valence-corrected chi connectivity index (χ4v) is 3.81. The molecule has 7 N–H and O–H groups in total. The van der Waals surface area contributed by atoms with Gasteiger partial charge in [-0.25, -0.2) is 0 Å². The van der Waals surface area contributed by atoms with Gasteiger partial charge >= 0.3 is 0 Å². The van der Waals surface area contributed by atoms with E-state index >= 15 is 0 Å². The van der Waals surface area contributed by atoms with Gasteiger partial charge in [-0.2, -0.15) is 0 Å². The van der Waals surface area contributed by atoms with E-state index in [9.17, 15) is 0 Å². The van der Waals surface area contributed by atoms with Crippen LogP contribution >= 0.6 is 11.8 Å². The number of benzene rings is 3. The van der Waals surface area contributed by atoms with E-state index in [1.54, 1.807) is 11.8 Å². The van der Waals surface area contributed by atoms with Gasteiger partial charge in [-0.3, -0.25) is 10.8 Å². The molecule has 3 aromatic carbocycles. The van der Waals surface area contributed by atoms with E-state index in [0.717, 1.165) is 43.1 Å². The summed E-state index contributed by atoms with van der Waals surface area (Å²) in [5, 5.41) is 16.1. The predicted molar refractivity (Wildman–Crippen MR) is 116 cm³/mol. The van der Waals surface area contributed by atoms with Crippen LogP contribution in [-0.2, 0) is 0 Å². The lowest BCUT2D eigenvalue weighted by Gasteiger charge is -2.04. The van der Waals surface area contributed by atoms with Gasteiger partial charge in [0, 0.05) is 37.5 Å². The smallest absolute Gasteiger partial charge is 0.122 e. The predicted octanol–water partition coefficient (Wildman–Crippen LogP) is 4.55. The van der Waals surface area contributed by atoms with E-state index in [4.69, 9.17) is 22.3 Å². The van der Waals surface area contributed by atoms with Crippen LogP contribution in [0.1, 0.15) is 11.1 Å². The third kappa shape index (κ3) is 3.63. The summed E-state index contributed by atoms with van der Waals surface area (Å²) in [6.07, 6.45) is 0. The molecule has 28 heavy (non-hydrogen) atoms. The Bertz CT molecular complexity index is 1170. The molecule has 0 atom stereocenters. The maximum absolute atomic E-state index is 7.58. The van der Waals surface area contributed by atoms with Crippen molar-refractivity contribution in [3.05, 3.63) is 83.9 Å². The van der Waals surface area contributed by atoms with Crippen LogP contribution in [0.2, 0.25) is 0 Å². The number of nitrogens with one attached hydrogen (secondary N) is 3. The van der Waals surface area contributed by atoms with Gasteiger partial charge < -0.3 is 16.5 Å². The summed E-state index contributed by atoms with van der Waals surface area (Å²) in [5.74, 6) is 0.150. The van der Waals surface area contributed by atoms with E-state index in [1.165, 1.54) is 0 Å². The Morgan fingerprint density at radius 3 is 1.89 bits per heavy atom. The van der Waals surface area contributed by atoms with Crippen LogP contribution in [0, 0.1) is 10.8 Å². The Morgan fingerprint density at radius 1 is 0.714 bits per heavy atom. The van der Waals surface area contributed by atoms with Crippen molar-refractivity contribution in [2.24, 2.45) is 11.5 Å². The van der Waals surface area contributed by atoms with Gasteiger partial charge in [0.15, 0.2) is 0 Å². The van der Waals surface area contributed by atoms with Crippen molar-refractivity contribution >= 4 is 34.3 Å². The van der Waals surface area contributed by atoms with Gasteiger partial charge in [0.1, 0.15) is 11.7 Å². The number of nitrogen functional groups attached to an aromatic ring is 2. The quantitative estimate of drug-likeness (QED) is 0.256. The molecule has 0 saturated heterocycles. The van der Waals surface area contributed by atoms with Gasteiger partial charge in [-0.1, -0.05) is 36.0 Å². The topological polar surface area (TPSA) is 116 Å². The molecule has 0 spiro atoms. The van der Waals surface area contributed by atoms with Crippen LogP contribution in [-0.4, -0.2) is 16.7 Å². The van der Waals surface area contributed by atoms with E-state index in [-0.39, 0.29) is 11.7 Å². The second-order valence-electron chi connectivity index (χ2n) is 6.46. The largest absolute Gasteiger partial charge is 0.384 e. The van der Waals surface area contributed by atoms with Crippen LogP contribution < -0.4 is 11.5 Å². The minimum Gasteiger partial charge on any atom is -0.384 e. The lowest BCUT2D eigenvalue weighted by atomic mass is 10.1. The average Bonchev–Trinajstić information content (AvgIpc) is 3.12. The zero-order valence-electron chi connectivity index (χ0n) is 15.0. The molecular weight excluding hydrogens is 366 g/mol. The standard InChI is InChI=1S/C22H19N5S/c23-21(24)14-3-8-18(9-4-14)28-17-6-1-13(2-7-17)20-12-16-11-15(22(25)26)5-10-19(16)27-20/h1-12,27H,(H3,23,24)(H3,25,26). The number of aromatic amines is 1. The number of hydrogen-bond acceptors (Lipinski definition) is 3. The first-order valence-corrected chi connectivity index (χ1v) is 9.51. The Balaban J connectivity index is 1.55. The van der Waals surface area contributed by atoms with E-state index in [2.05, 4.69) is 35.3 Å².